The van der Waals surface area contributed by atoms with Gasteiger partial charge in [-0.05, 0) is 38.1 Å². The van der Waals surface area contributed by atoms with E-state index in [1.807, 2.05) is 6.07 Å². The summed E-state index contributed by atoms with van der Waals surface area (Å²) >= 11 is 6.05. The molecule has 204 valence electrons. The maximum absolute atomic E-state index is 12.3. The number of methoxy groups -OCH3 is 1. The first-order chi connectivity index (χ1) is 17.7. The molecule has 3 rings (SSSR count). The molecule has 1 fully saturated rings. The van der Waals surface area contributed by atoms with E-state index in [0.717, 1.165) is 0 Å². The van der Waals surface area contributed by atoms with Crippen LogP contribution in [0.15, 0.2) is 36.5 Å². The van der Waals surface area contributed by atoms with Crippen LogP contribution >= 0.6 is 11.6 Å². The Morgan fingerprint density at radius 1 is 1.30 bits per heavy atom. The van der Waals surface area contributed by atoms with Crippen LogP contribution in [0.4, 0.5) is 0 Å². The van der Waals surface area contributed by atoms with Crippen molar-refractivity contribution < 1.29 is 38.4 Å². The van der Waals surface area contributed by atoms with Crippen molar-refractivity contribution in [3.63, 3.8) is 0 Å². The number of likely N-dealkylation sites (N-methyl/N-ethyl adjacent to an activating group) is 1. The first-order valence-electron chi connectivity index (χ1n) is 11.9. The average molecular weight is 539 g/mol. The number of aldehydes is 1. The van der Waals surface area contributed by atoms with Gasteiger partial charge in [-0.25, -0.2) is 4.98 Å². The second-order valence-electron chi connectivity index (χ2n) is 8.69. The second kappa shape index (κ2) is 15.4. The lowest BCUT2D eigenvalue weighted by molar-refractivity contribution is -0.159. The SMILES string of the molecule is CN[C@H]1COCC(OCC(C)C)[C@@H](Oc2cccc(Cl)c2)C(C)OC1=O.COc1ccnc(C=O)c1O. The Bertz CT molecular complexity index is 1010. The Balaban J connectivity index is 0.000000364. The number of pyridine rings is 1. The van der Waals surface area contributed by atoms with Crippen LogP contribution < -0.4 is 14.8 Å². The van der Waals surface area contributed by atoms with Gasteiger partial charge in [0, 0.05) is 23.9 Å². The Morgan fingerprint density at radius 2 is 2.05 bits per heavy atom. The molecule has 11 heteroatoms. The number of carbonyl (C=O) groups is 2. The molecule has 0 bridgehead atoms. The van der Waals surface area contributed by atoms with E-state index in [2.05, 4.69) is 24.1 Å². The van der Waals surface area contributed by atoms with Gasteiger partial charge in [-0.15, -0.1) is 0 Å². The zero-order valence-corrected chi connectivity index (χ0v) is 22.4. The van der Waals surface area contributed by atoms with Gasteiger partial charge >= 0.3 is 5.97 Å². The molecule has 1 aliphatic heterocycles. The van der Waals surface area contributed by atoms with Crippen molar-refractivity contribution in [3.8, 4) is 17.2 Å². The zero-order valence-electron chi connectivity index (χ0n) is 21.7. The van der Waals surface area contributed by atoms with Crippen molar-refractivity contribution in [2.45, 2.75) is 45.1 Å². The zero-order chi connectivity index (χ0) is 27.4. The summed E-state index contributed by atoms with van der Waals surface area (Å²) < 4.78 is 28.2. The standard InChI is InChI=1S/C19H28ClNO5.C7H7NO3/c1-12(2)9-24-17-11-23-10-16(21-4)19(22)25-13(3)18(17)26-15-7-5-6-14(20)8-15;1-11-6-2-3-8-5(4-9)7(6)10/h5-8,12-13,16-18,21H,9-11H2,1-4H3;2-4,10H,1H3/t13?,16-,17?,18-;/m0./s1. The molecule has 1 aliphatic rings. The number of hydrogen-bond donors (Lipinski definition) is 2. The number of rotatable bonds is 8. The third kappa shape index (κ3) is 9.47. The van der Waals surface area contributed by atoms with Crippen LogP contribution in [0.1, 0.15) is 31.3 Å². The summed E-state index contributed by atoms with van der Waals surface area (Å²) in [6, 6.07) is 8.06. The summed E-state index contributed by atoms with van der Waals surface area (Å²) in [6.07, 6.45) is 0.443. The minimum Gasteiger partial charge on any atom is -0.503 e. The lowest BCUT2D eigenvalue weighted by Crippen LogP contribution is -2.47. The fourth-order valence-corrected chi connectivity index (χ4v) is 3.51. The Morgan fingerprint density at radius 3 is 2.68 bits per heavy atom. The molecule has 4 atom stereocenters. The van der Waals surface area contributed by atoms with Crippen LogP contribution in [-0.2, 0) is 19.0 Å². The monoisotopic (exact) mass is 538 g/mol. The highest BCUT2D eigenvalue weighted by Crippen LogP contribution is 2.26. The van der Waals surface area contributed by atoms with Crippen LogP contribution in [0.3, 0.4) is 0 Å². The number of aromatic hydroxyl groups is 1. The molecular formula is C26H35ClN2O8. The number of ether oxygens (including phenoxy) is 5. The van der Waals surface area contributed by atoms with Crippen molar-refractivity contribution in [1.29, 1.82) is 0 Å². The Labute approximate surface area is 222 Å². The largest absolute Gasteiger partial charge is 0.503 e. The summed E-state index contributed by atoms with van der Waals surface area (Å²) in [6.45, 7) is 7.02. The summed E-state index contributed by atoms with van der Waals surface area (Å²) in [5.74, 6) is 0.613. The van der Waals surface area contributed by atoms with Gasteiger partial charge in [0.25, 0.3) is 0 Å². The first kappa shape index (κ1) is 30.3. The van der Waals surface area contributed by atoms with Gasteiger partial charge < -0.3 is 34.1 Å². The molecule has 2 unspecified atom stereocenters. The molecule has 0 spiro atoms. The fourth-order valence-electron chi connectivity index (χ4n) is 3.33. The van der Waals surface area contributed by atoms with Gasteiger partial charge in [0.1, 0.15) is 29.7 Å². The molecule has 2 heterocycles. The number of aromatic nitrogens is 1. The van der Waals surface area contributed by atoms with Gasteiger partial charge in [0.2, 0.25) is 0 Å². The van der Waals surface area contributed by atoms with Crippen LogP contribution in [0.5, 0.6) is 17.2 Å². The number of benzene rings is 1. The number of carbonyl (C=O) groups excluding carboxylic acids is 2. The number of hydrogen-bond acceptors (Lipinski definition) is 10. The molecule has 37 heavy (non-hydrogen) atoms. The Kier molecular flexibility index (Phi) is 12.6. The van der Waals surface area contributed by atoms with Crippen LogP contribution in [0, 0.1) is 5.92 Å². The third-order valence-electron chi connectivity index (χ3n) is 5.29. The van der Waals surface area contributed by atoms with Gasteiger partial charge in [0.15, 0.2) is 23.9 Å². The van der Waals surface area contributed by atoms with E-state index in [9.17, 15) is 14.7 Å². The molecular weight excluding hydrogens is 504 g/mol. The highest BCUT2D eigenvalue weighted by Gasteiger charge is 2.36. The van der Waals surface area contributed by atoms with Crippen molar-refractivity contribution in [1.82, 2.24) is 10.3 Å². The van der Waals surface area contributed by atoms with Crippen LogP contribution in [-0.4, -0.2) is 80.7 Å². The number of nitrogens with zero attached hydrogens (tertiary/aromatic N) is 1. The lowest BCUT2D eigenvalue weighted by Gasteiger charge is -2.31. The smallest absolute Gasteiger partial charge is 0.325 e. The lowest BCUT2D eigenvalue weighted by atomic mass is 10.1. The predicted octanol–water partition coefficient (Wildman–Crippen LogP) is 3.29. The van der Waals surface area contributed by atoms with E-state index in [4.69, 9.17) is 35.3 Å². The predicted molar refractivity (Wildman–Crippen MR) is 138 cm³/mol. The normalized spacial score (nSPS) is 22.0. The molecule has 0 amide bonds. The topological polar surface area (TPSA) is 125 Å². The minimum atomic E-state index is -0.522. The van der Waals surface area contributed by atoms with Gasteiger partial charge in [0.05, 0.1) is 20.3 Å². The maximum atomic E-state index is 12.3. The van der Waals surface area contributed by atoms with Crippen molar-refractivity contribution in [2.24, 2.45) is 5.92 Å². The van der Waals surface area contributed by atoms with Crippen molar-refractivity contribution >= 4 is 23.9 Å². The number of esters is 1. The molecule has 2 N–H and O–H groups in total. The maximum Gasteiger partial charge on any atom is 0.325 e. The number of halogens is 1. The molecule has 1 aromatic heterocycles. The Hall–Kier alpha value is -2.92. The fraction of sp³-hybridized carbons (Fsp3) is 0.500. The van der Waals surface area contributed by atoms with E-state index in [-0.39, 0.29) is 35.9 Å². The van der Waals surface area contributed by atoms with E-state index < -0.39 is 18.2 Å². The molecule has 0 saturated carbocycles. The minimum absolute atomic E-state index is 0.00986. The molecule has 0 aliphatic carbocycles. The average Bonchev–Trinajstić information content (AvgIpc) is 2.92. The van der Waals surface area contributed by atoms with Gasteiger partial charge in [-0.1, -0.05) is 31.5 Å². The molecule has 1 aromatic carbocycles. The van der Waals surface area contributed by atoms with E-state index >= 15 is 0 Å². The molecule has 0 radical (unpaired) electrons. The van der Waals surface area contributed by atoms with E-state index in [1.165, 1.54) is 19.4 Å². The second-order valence-corrected chi connectivity index (χ2v) is 9.13. The van der Waals surface area contributed by atoms with Gasteiger partial charge in [-0.2, -0.15) is 0 Å². The van der Waals surface area contributed by atoms with Gasteiger partial charge in [-0.3, -0.25) is 9.59 Å². The molecule has 10 nitrogen and oxygen atoms in total. The van der Waals surface area contributed by atoms with Crippen LogP contribution in [0.25, 0.3) is 0 Å². The summed E-state index contributed by atoms with van der Waals surface area (Å²) in [7, 11) is 3.11. The third-order valence-corrected chi connectivity index (χ3v) is 5.52. The quantitative estimate of drug-likeness (QED) is 0.382. The van der Waals surface area contributed by atoms with E-state index in [0.29, 0.717) is 36.2 Å². The highest BCUT2D eigenvalue weighted by atomic mass is 35.5. The van der Waals surface area contributed by atoms with E-state index in [1.54, 1.807) is 32.2 Å². The summed E-state index contributed by atoms with van der Waals surface area (Å²) in [5, 5.41) is 12.6. The molecule has 2 aromatic rings. The summed E-state index contributed by atoms with van der Waals surface area (Å²) in [4.78, 5) is 26.1. The van der Waals surface area contributed by atoms with Crippen molar-refractivity contribution in [2.75, 3.05) is 34.0 Å². The molecule has 1 saturated heterocycles. The first-order valence-corrected chi connectivity index (χ1v) is 12.2. The number of cyclic esters (lactones) is 1. The van der Waals surface area contributed by atoms with Crippen molar-refractivity contribution in [3.05, 3.63) is 47.2 Å². The summed E-state index contributed by atoms with van der Waals surface area (Å²) in [5.41, 5.74) is -0.00986. The van der Waals surface area contributed by atoms with Crippen LogP contribution in [0.2, 0.25) is 5.02 Å². The number of nitrogens with one attached hydrogen (secondary N) is 1. The highest BCUT2D eigenvalue weighted by molar-refractivity contribution is 6.30.